The lowest BCUT2D eigenvalue weighted by atomic mass is 10.2. The van der Waals surface area contributed by atoms with Gasteiger partial charge in [-0.25, -0.2) is 0 Å². The Kier molecular flexibility index (Phi) is 4.99. The van der Waals surface area contributed by atoms with Gasteiger partial charge in [-0.15, -0.1) is 13.2 Å². The Bertz CT molecular complexity index is 533. The van der Waals surface area contributed by atoms with Gasteiger partial charge < -0.3 is 20.3 Å². The number of hydrogen-bond donors (Lipinski definition) is 2. The van der Waals surface area contributed by atoms with Crippen LogP contribution in [0.15, 0.2) is 29.3 Å². The second-order valence-corrected chi connectivity index (χ2v) is 4.94. The highest BCUT2D eigenvalue weighted by molar-refractivity contribution is 5.79. The van der Waals surface area contributed by atoms with Crippen LogP contribution in [-0.2, 0) is 0 Å². The first-order valence-corrected chi connectivity index (χ1v) is 6.93. The molecular formula is C14H19F3N4O. The third-order valence-electron chi connectivity index (χ3n) is 3.41. The van der Waals surface area contributed by atoms with Crippen LogP contribution in [-0.4, -0.2) is 45.5 Å². The van der Waals surface area contributed by atoms with Crippen molar-refractivity contribution >= 4 is 11.6 Å². The number of rotatable bonds is 3. The van der Waals surface area contributed by atoms with E-state index in [1.165, 1.54) is 12.1 Å². The van der Waals surface area contributed by atoms with Gasteiger partial charge in [-0.1, -0.05) is 6.07 Å². The van der Waals surface area contributed by atoms with Gasteiger partial charge in [0, 0.05) is 45.0 Å². The predicted octanol–water partition coefficient (Wildman–Crippen LogP) is 1.96. The van der Waals surface area contributed by atoms with Crippen molar-refractivity contribution in [1.29, 1.82) is 0 Å². The Morgan fingerprint density at radius 3 is 2.82 bits per heavy atom. The number of halogens is 3. The lowest BCUT2D eigenvalue weighted by Gasteiger charge is -2.20. The summed E-state index contributed by atoms with van der Waals surface area (Å²) in [7, 11) is 3.46. The van der Waals surface area contributed by atoms with Gasteiger partial charge in [0.1, 0.15) is 5.75 Å². The minimum absolute atomic E-state index is 0.193. The molecule has 1 aliphatic heterocycles. The van der Waals surface area contributed by atoms with Crippen LogP contribution in [0.25, 0.3) is 0 Å². The van der Waals surface area contributed by atoms with E-state index in [2.05, 4.69) is 20.4 Å². The van der Waals surface area contributed by atoms with Crippen LogP contribution in [0.5, 0.6) is 5.75 Å². The summed E-state index contributed by atoms with van der Waals surface area (Å²) in [5.74, 6) is 0.494. The second kappa shape index (κ2) is 6.76. The summed E-state index contributed by atoms with van der Waals surface area (Å²) in [5, 5.41) is 6.20. The van der Waals surface area contributed by atoms with Crippen molar-refractivity contribution < 1.29 is 17.9 Å². The molecule has 1 fully saturated rings. The molecule has 0 spiro atoms. The summed E-state index contributed by atoms with van der Waals surface area (Å²) in [6, 6.07) is 6.23. The Labute approximate surface area is 127 Å². The second-order valence-electron chi connectivity index (χ2n) is 4.94. The molecule has 0 radical (unpaired) electrons. The smallest absolute Gasteiger partial charge is 0.406 e. The summed E-state index contributed by atoms with van der Waals surface area (Å²) >= 11 is 0. The van der Waals surface area contributed by atoms with Crippen LogP contribution in [0.4, 0.5) is 18.9 Å². The molecule has 1 aromatic carbocycles. The van der Waals surface area contributed by atoms with Crippen molar-refractivity contribution in [1.82, 2.24) is 10.6 Å². The van der Waals surface area contributed by atoms with E-state index >= 15 is 0 Å². The third kappa shape index (κ3) is 4.44. The topological polar surface area (TPSA) is 48.9 Å². The third-order valence-corrected chi connectivity index (χ3v) is 3.41. The van der Waals surface area contributed by atoms with Crippen LogP contribution < -0.4 is 20.3 Å². The van der Waals surface area contributed by atoms with Crippen molar-refractivity contribution in [3.63, 3.8) is 0 Å². The van der Waals surface area contributed by atoms with E-state index in [-0.39, 0.29) is 11.8 Å². The highest BCUT2D eigenvalue weighted by Gasteiger charge is 2.31. The van der Waals surface area contributed by atoms with Gasteiger partial charge in [-0.3, -0.25) is 4.99 Å². The molecule has 2 rings (SSSR count). The van der Waals surface area contributed by atoms with Crippen LogP contribution in [0, 0.1) is 0 Å². The molecule has 0 unspecified atom stereocenters. The van der Waals surface area contributed by atoms with E-state index in [4.69, 9.17) is 0 Å². The number of guanidine groups is 1. The van der Waals surface area contributed by atoms with Crippen molar-refractivity contribution in [2.75, 3.05) is 32.1 Å². The Morgan fingerprint density at radius 1 is 1.41 bits per heavy atom. The minimum Gasteiger partial charge on any atom is -0.406 e. The van der Waals surface area contributed by atoms with Gasteiger partial charge in [-0.2, -0.15) is 0 Å². The molecule has 122 valence electrons. The first-order chi connectivity index (χ1) is 10.4. The zero-order valence-electron chi connectivity index (χ0n) is 12.4. The number of hydrogen-bond acceptors (Lipinski definition) is 3. The largest absolute Gasteiger partial charge is 0.573 e. The SMILES string of the molecule is CN=C(NC)N[C@H]1CCN(c2cccc(OC(F)(F)F)c2)C1. The van der Waals surface area contributed by atoms with Crippen molar-refractivity contribution in [3.05, 3.63) is 24.3 Å². The van der Waals surface area contributed by atoms with E-state index in [9.17, 15) is 13.2 Å². The lowest BCUT2D eigenvalue weighted by Crippen LogP contribution is -2.43. The molecule has 8 heteroatoms. The maximum absolute atomic E-state index is 12.3. The van der Waals surface area contributed by atoms with Crippen LogP contribution >= 0.6 is 0 Å². The van der Waals surface area contributed by atoms with E-state index in [0.29, 0.717) is 18.2 Å². The average Bonchev–Trinajstić information content (AvgIpc) is 2.92. The standard InChI is InChI=1S/C14H19F3N4O/c1-18-13(19-2)20-10-6-7-21(9-10)11-4-3-5-12(8-11)22-14(15,16)17/h3-5,8,10H,6-7,9H2,1-2H3,(H2,18,19,20)/t10-/m0/s1. The fourth-order valence-corrected chi connectivity index (χ4v) is 2.43. The van der Waals surface area contributed by atoms with Crippen LogP contribution in [0.2, 0.25) is 0 Å². The number of nitrogens with zero attached hydrogens (tertiary/aromatic N) is 2. The van der Waals surface area contributed by atoms with Gasteiger partial charge in [0.2, 0.25) is 0 Å². The number of alkyl halides is 3. The van der Waals surface area contributed by atoms with Crippen molar-refractivity contribution in [3.8, 4) is 5.75 Å². The molecular weight excluding hydrogens is 297 g/mol. The number of nitrogens with one attached hydrogen (secondary N) is 2. The number of ether oxygens (including phenoxy) is 1. The molecule has 1 aromatic rings. The Balaban J connectivity index is 2.00. The zero-order chi connectivity index (χ0) is 16.2. The minimum atomic E-state index is -4.67. The molecule has 0 aromatic heterocycles. The predicted molar refractivity (Wildman–Crippen MR) is 79.3 cm³/mol. The molecule has 0 aliphatic carbocycles. The number of aliphatic imine (C=N–C) groups is 1. The maximum atomic E-state index is 12.3. The van der Waals surface area contributed by atoms with E-state index < -0.39 is 6.36 Å². The highest BCUT2D eigenvalue weighted by Crippen LogP contribution is 2.28. The molecule has 0 amide bonds. The van der Waals surface area contributed by atoms with Gasteiger partial charge in [0.25, 0.3) is 0 Å². The summed E-state index contributed by atoms with van der Waals surface area (Å²) in [6.45, 7) is 1.45. The van der Waals surface area contributed by atoms with Gasteiger partial charge in [0.05, 0.1) is 0 Å². The molecule has 22 heavy (non-hydrogen) atoms. The quantitative estimate of drug-likeness (QED) is 0.661. The van der Waals surface area contributed by atoms with Crippen LogP contribution in [0.3, 0.4) is 0 Å². The first kappa shape index (κ1) is 16.3. The van der Waals surface area contributed by atoms with Crippen molar-refractivity contribution in [2.24, 2.45) is 4.99 Å². The molecule has 1 atom stereocenters. The molecule has 2 N–H and O–H groups in total. The normalized spacial score (nSPS) is 19.2. The van der Waals surface area contributed by atoms with E-state index in [0.717, 1.165) is 13.0 Å². The summed E-state index contributed by atoms with van der Waals surface area (Å²) < 4.78 is 40.8. The van der Waals surface area contributed by atoms with Gasteiger partial charge >= 0.3 is 6.36 Å². The number of benzene rings is 1. The molecule has 1 saturated heterocycles. The molecule has 1 heterocycles. The molecule has 0 saturated carbocycles. The highest BCUT2D eigenvalue weighted by atomic mass is 19.4. The lowest BCUT2D eigenvalue weighted by molar-refractivity contribution is -0.274. The molecule has 0 bridgehead atoms. The van der Waals surface area contributed by atoms with Gasteiger partial charge in [-0.05, 0) is 18.6 Å². The van der Waals surface area contributed by atoms with Crippen LogP contribution in [0.1, 0.15) is 6.42 Å². The Hall–Kier alpha value is -2.12. The summed E-state index contributed by atoms with van der Waals surface area (Å²) in [6.07, 6.45) is -3.79. The monoisotopic (exact) mass is 316 g/mol. The van der Waals surface area contributed by atoms with E-state index in [1.54, 1.807) is 26.2 Å². The van der Waals surface area contributed by atoms with Crippen molar-refractivity contribution in [2.45, 2.75) is 18.8 Å². The summed E-state index contributed by atoms with van der Waals surface area (Å²) in [4.78, 5) is 6.07. The maximum Gasteiger partial charge on any atom is 0.573 e. The first-order valence-electron chi connectivity index (χ1n) is 6.93. The fraction of sp³-hybridized carbons (Fsp3) is 0.500. The molecule has 5 nitrogen and oxygen atoms in total. The zero-order valence-corrected chi connectivity index (χ0v) is 12.4. The summed E-state index contributed by atoms with van der Waals surface area (Å²) in [5.41, 5.74) is 0.713. The molecule has 1 aliphatic rings. The van der Waals surface area contributed by atoms with E-state index in [1.807, 2.05) is 4.90 Å². The fourth-order valence-electron chi connectivity index (χ4n) is 2.43. The van der Waals surface area contributed by atoms with Gasteiger partial charge in [0.15, 0.2) is 5.96 Å². The number of anilines is 1. The Morgan fingerprint density at radius 2 is 2.18 bits per heavy atom. The average molecular weight is 316 g/mol.